The van der Waals surface area contributed by atoms with Crippen molar-refractivity contribution in [1.82, 2.24) is 0 Å². The van der Waals surface area contributed by atoms with Crippen LogP contribution in [0.4, 0.5) is 0 Å². The van der Waals surface area contributed by atoms with Crippen molar-refractivity contribution < 1.29 is 14.2 Å². The molecule has 1 fully saturated rings. The zero-order chi connectivity index (χ0) is 13.5. The fourth-order valence-electron chi connectivity index (χ4n) is 2.39. The molecule has 106 valence electrons. The van der Waals surface area contributed by atoms with Crippen LogP contribution in [-0.2, 0) is 11.2 Å². The largest absolute Gasteiger partial charge is 0.496 e. The van der Waals surface area contributed by atoms with Gasteiger partial charge in [-0.05, 0) is 37.8 Å². The van der Waals surface area contributed by atoms with Gasteiger partial charge in [0.05, 0.1) is 13.7 Å². The van der Waals surface area contributed by atoms with Crippen molar-refractivity contribution in [3.8, 4) is 11.5 Å². The molecule has 1 aromatic rings. The van der Waals surface area contributed by atoms with E-state index in [1.807, 2.05) is 18.2 Å². The van der Waals surface area contributed by atoms with Gasteiger partial charge in [0.25, 0.3) is 0 Å². The first-order valence-corrected chi connectivity index (χ1v) is 7.29. The van der Waals surface area contributed by atoms with Crippen LogP contribution in [-0.4, -0.2) is 20.0 Å². The number of hydrogen-bond acceptors (Lipinski definition) is 3. The van der Waals surface area contributed by atoms with Crippen molar-refractivity contribution in [1.29, 1.82) is 0 Å². The van der Waals surface area contributed by atoms with E-state index in [1.54, 1.807) is 7.11 Å². The topological polar surface area (TPSA) is 27.7 Å². The highest BCUT2D eigenvalue weighted by atomic mass is 16.7. The lowest BCUT2D eigenvalue weighted by atomic mass is 10.1. The first-order valence-electron chi connectivity index (χ1n) is 7.29. The van der Waals surface area contributed by atoms with Crippen molar-refractivity contribution in [3.05, 3.63) is 23.8 Å². The summed E-state index contributed by atoms with van der Waals surface area (Å²) >= 11 is 0. The Morgan fingerprint density at radius 2 is 2.11 bits per heavy atom. The number of rotatable bonds is 6. The lowest BCUT2D eigenvalue weighted by molar-refractivity contribution is -0.106. The Kier molecular flexibility index (Phi) is 5.52. The highest BCUT2D eigenvalue weighted by Gasteiger charge is 2.18. The Labute approximate surface area is 115 Å². The van der Waals surface area contributed by atoms with Crippen molar-refractivity contribution in [2.24, 2.45) is 0 Å². The average molecular weight is 264 g/mol. The van der Waals surface area contributed by atoms with E-state index in [0.29, 0.717) is 0 Å². The molecule has 1 aliphatic rings. The third-order valence-electron chi connectivity index (χ3n) is 3.49. The first kappa shape index (κ1) is 14.2. The van der Waals surface area contributed by atoms with Gasteiger partial charge in [0.15, 0.2) is 6.29 Å². The smallest absolute Gasteiger partial charge is 0.199 e. The fraction of sp³-hybridized carbons (Fsp3) is 0.625. The van der Waals surface area contributed by atoms with Crippen molar-refractivity contribution in [2.45, 2.75) is 51.7 Å². The Bertz CT molecular complexity index is 384. The van der Waals surface area contributed by atoms with Gasteiger partial charge < -0.3 is 14.2 Å². The van der Waals surface area contributed by atoms with Crippen LogP contribution < -0.4 is 9.47 Å². The predicted molar refractivity (Wildman–Crippen MR) is 75.8 cm³/mol. The van der Waals surface area contributed by atoms with Gasteiger partial charge in [-0.2, -0.15) is 0 Å². The van der Waals surface area contributed by atoms with Crippen LogP contribution >= 0.6 is 0 Å². The second-order valence-corrected chi connectivity index (χ2v) is 4.95. The number of unbranched alkanes of at least 4 members (excludes halogenated alkanes) is 1. The standard InChI is InChI=1S/C16H24O3/c1-3-4-8-13-14(17-2)9-7-10-15(13)19-16-11-5-6-12-18-16/h7,9-10,16H,3-6,8,11-12H2,1-2H3. The van der Waals surface area contributed by atoms with Gasteiger partial charge in [-0.1, -0.05) is 19.4 Å². The Hall–Kier alpha value is -1.22. The van der Waals surface area contributed by atoms with E-state index in [4.69, 9.17) is 14.2 Å². The SMILES string of the molecule is CCCCc1c(OC)cccc1OC1CCCCO1. The molecule has 2 rings (SSSR count). The molecule has 1 aliphatic heterocycles. The Morgan fingerprint density at radius 1 is 1.26 bits per heavy atom. The van der Waals surface area contributed by atoms with E-state index in [0.717, 1.165) is 50.2 Å². The van der Waals surface area contributed by atoms with Gasteiger partial charge in [-0.3, -0.25) is 0 Å². The van der Waals surface area contributed by atoms with E-state index < -0.39 is 0 Å². The van der Waals surface area contributed by atoms with E-state index in [2.05, 4.69) is 6.92 Å². The normalized spacial score (nSPS) is 19.2. The first-order chi connectivity index (χ1) is 9.35. The second-order valence-electron chi connectivity index (χ2n) is 4.95. The minimum Gasteiger partial charge on any atom is -0.496 e. The maximum absolute atomic E-state index is 6.02. The summed E-state index contributed by atoms with van der Waals surface area (Å²) in [7, 11) is 1.71. The summed E-state index contributed by atoms with van der Waals surface area (Å²) in [5, 5.41) is 0. The molecule has 1 heterocycles. The summed E-state index contributed by atoms with van der Waals surface area (Å²) in [4.78, 5) is 0. The molecule has 3 heteroatoms. The summed E-state index contributed by atoms with van der Waals surface area (Å²) in [6.45, 7) is 3.00. The molecule has 0 aromatic heterocycles. The van der Waals surface area contributed by atoms with E-state index in [-0.39, 0.29) is 6.29 Å². The summed E-state index contributed by atoms with van der Waals surface area (Å²) in [5.74, 6) is 1.83. The van der Waals surface area contributed by atoms with Crippen molar-refractivity contribution in [3.63, 3.8) is 0 Å². The molecule has 3 nitrogen and oxygen atoms in total. The van der Waals surface area contributed by atoms with Crippen LogP contribution in [0.2, 0.25) is 0 Å². The van der Waals surface area contributed by atoms with E-state index in [1.165, 1.54) is 12.0 Å². The maximum atomic E-state index is 6.02. The molecule has 1 unspecified atom stereocenters. The van der Waals surface area contributed by atoms with Crippen LogP contribution in [0.15, 0.2) is 18.2 Å². The van der Waals surface area contributed by atoms with Crippen LogP contribution in [0.1, 0.15) is 44.6 Å². The lowest BCUT2D eigenvalue weighted by Crippen LogP contribution is -2.25. The quantitative estimate of drug-likeness (QED) is 0.778. The third-order valence-corrected chi connectivity index (χ3v) is 3.49. The number of methoxy groups -OCH3 is 1. The molecule has 0 aliphatic carbocycles. The van der Waals surface area contributed by atoms with E-state index in [9.17, 15) is 0 Å². The molecule has 1 atom stereocenters. The summed E-state index contributed by atoms with van der Waals surface area (Å²) in [6.07, 6.45) is 6.49. The molecule has 0 radical (unpaired) electrons. The molecule has 19 heavy (non-hydrogen) atoms. The molecular formula is C16H24O3. The van der Waals surface area contributed by atoms with Gasteiger partial charge in [-0.15, -0.1) is 0 Å². The molecule has 0 saturated carbocycles. The maximum Gasteiger partial charge on any atom is 0.199 e. The molecule has 0 amide bonds. The minimum absolute atomic E-state index is 0.0961. The molecule has 0 N–H and O–H groups in total. The van der Waals surface area contributed by atoms with Gasteiger partial charge in [0.1, 0.15) is 11.5 Å². The highest BCUT2D eigenvalue weighted by Crippen LogP contribution is 2.31. The van der Waals surface area contributed by atoms with Crippen LogP contribution in [0.3, 0.4) is 0 Å². The fourth-order valence-corrected chi connectivity index (χ4v) is 2.39. The highest BCUT2D eigenvalue weighted by molar-refractivity contribution is 5.45. The zero-order valence-corrected chi connectivity index (χ0v) is 12.0. The van der Waals surface area contributed by atoms with Crippen molar-refractivity contribution in [2.75, 3.05) is 13.7 Å². The molecule has 1 aromatic carbocycles. The molecular weight excluding hydrogens is 240 g/mol. The van der Waals surface area contributed by atoms with Crippen LogP contribution in [0.25, 0.3) is 0 Å². The molecule has 0 spiro atoms. The second kappa shape index (κ2) is 7.39. The average Bonchev–Trinajstić information content (AvgIpc) is 2.46. The Morgan fingerprint density at radius 3 is 2.79 bits per heavy atom. The van der Waals surface area contributed by atoms with Gasteiger partial charge >= 0.3 is 0 Å². The van der Waals surface area contributed by atoms with Gasteiger partial charge in [0, 0.05) is 12.0 Å². The molecule has 0 bridgehead atoms. The minimum atomic E-state index is -0.0961. The Balaban J connectivity index is 2.12. The van der Waals surface area contributed by atoms with E-state index >= 15 is 0 Å². The third kappa shape index (κ3) is 3.87. The lowest BCUT2D eigenvalue weighted by Gasteiger charge is -2.25. The van der Waals surface area contributed by atoms with Crippen LogP contribution in [0.5, 0.6) is 11.5 Å². The zero-order valence-electron chi connectivity index (χ0n) is 12.0. The van der Waals surface area contributed by atoms with Gasteiger partial charge in [0.2, 0.25) is 0 Å². The van der Waals surface area contributed by atoms with Crippen LogP contribution in [0, 0.1) is 0 Å². The summed E-state index contributed by atoms with van der Waals surface area (Å²) in [5.41, 5.74) is 1.17. The number of ether oxygens (including phenoxy) is 3. The van der Waals surface area contributed by atoms with Gasteiger partial charge in [-0.25, -0.2) is 0 Å². The molecule has 1 saturated heterocycles. The number of hydrogen-bond donors (Lipinski definition) is 0. The predicted octanol–water partition coefficient (Wildman–Crippen LogP) is 3.94. The number of benzene rings is 1. The summed E-state index contributed by atoms with van der Waals surface area (Å²) in [6, 6.07) is 6.00. The summed E-state index contributed by atoms with van der Waals surface area (Å²) < 4.78 is 17.1. The van der Waals surface area contributed by atoms with Crippen molar-refractivity contribution >= 4 is 0 Å². The monoisotopic (exact) mass is 264 g/mol.